The van der Waals surface area contributed by atoms with Gasteiger partial charge in [0.2, 0.25) is 0 Å². The van der Waals surface area contributed by atoms with Crippen molar-refractivity contribution in [3.05, 3.63) is 83.7 Å². The molecule has 5 nitrogen and oxygen atoms in total. The van der Waals surface area contributed by atoms with Gasteiger partial charge in [-0.3, -0.25) is 4.79 Å². The predicted molar refractivity (Wildman–Crippen MR) is 120 cm³/mol. The quantitative estimate of drug-likeness (QED) is 0.690. The van der Waals surface area contributed by atoms with Crippen molar-refractivity contribution in [2.75, 3.05) is 42.5 Å². The maximum absolute atomic E-state index is 14.1. The van der Waals surface area contributed by atoms with Crippen molar-refractivity contribution in [1.82, 2.24) is 5.32 Å². The second kappa shape index (κ2) is 8.40. The van der Waals surface area contributed by atoms with Crippen LogP contribution in [0.1, 0.15) is 15.9 Å². The molecule has 1 N–H and O–H groups in total. The number of fused-ring (bicyclic) bond motifs is 2. The maximum atomic E-state index is 14.1. The van der Waals surface area contributed by atoms with E-state index in [1.54, 1.807) is 17.0 Å². The van der Waals surface area contributed by atoms with Crippen LogP contribution in [0.2, 0.25) is 0 Å². The minimum Gasteiger partial charge on any atom is -0.452 e. The number of ether oxygens (including phenoxy) is 1. The molecule has 0 spiro atoms. The van der Waals surface area contributed by atoms with Crippen LogP contribution >= 0.6 is 0 Å². The second-order valence-electron chi connectivity index (χ2n) is 7.80. The Bertz CT molecular complexity index is 1100. The third-order valence-electron chi connectivity index (χ3n) is 5.82. The minimum atomic E-state index is -0.391. The highest BCUT2D eigenvalue weighted by Crippen LogP contribution is 2.44. The van der Waals surface area contributed by atoms with Crippen LogP contribution in [-0.2, 0) is 6.42 Å². The topological polar surface area (TPSA) is 44.8 Å². The molecule has 0 bridgehead atoms. The normalized spacial score (nSPS) is 15.7. The molecule has 6 heteroatoms. The Balaban J connectivity index is 1.56. The number of nitrogens with zero attached hydrogens (tertiary/aromatic N) is 2. The van der Waals surface area contributed by atoms with Gasteiger partial charge in [-0.15, -0.1) is 0 Å². The first-order valence-electron chi connectivity index (χ1n) is 10.6. The predicted octanol–water partition coefficient (Wildman–Crippen LogP) is 4.23. The van der Waals surface area contributed by atoms with Gasteiger partial charge in [0.15, 0.2) is 11.5 Å². The van der Waals surface area contributed by atoms with Crippen LogP contribution in [-0.4, -0.2) is 38.6 Å². The molecular weight excluding hydrogens is 393 g/mol. The number of anilines is 2. The number of piperazine rings is 1. The van der Waals surface area contributed by atoms with Crippen molar-refractivity contribution in [3.63, 3.8) is 0 Å². The summed E-state index contributed by atoms with van der Waals surface area (Å²) in [7, 11) is 0. The molecule has 0 aromatic heterocycles. The van der Waals surface area contributed by atoms with E-state index in [4.69, 9.17) is 4.74 Å². The van der Waals surface area contributed by atoms with Crippen LogP contribution in [0.15, 0.2) is 66.7 Å². The fourth-order valence-corrected chi connectivity index (χ4v) is 4.22. The Kier molecular flexibility index (Phi) is 5.30. The van der Waals surface area contributed by atoms with Gasteiger partial charge in [0, 0.05) is 38.8 Å². The Hall–Kier alpha value is -3.38. The van der Waals surface area contributed by atoms with E-state index in [1.165, 1.54) is 12.1 Å². The lowest BCUT2D eigenvalue weighted by Crippen LogP contribution is -2.43. The summed E-state index contributed by atoms with van der Waals surface area (Å²) in [5, 5.41) is 3.34. The van der Waals surface area contributed by atoms with Crippen LogP contribution in [0.25, 0.3) is 0 Å². The molecule has 5 rings (SSSR count). The first-order valence-corrected chi connectivity index (χ1v) is 10.6. The van der Waals surface area contributed by atoms with Crippen LogP contribution in [0.3, 0.4) is 0 Å². The van der Waals surface area contributed by atoms with Gasteiger partial charge in [-0.2, -0.15) is 0 Å². The van der Waals surface area contributed by atoms with Gasteiger partial charge in [-0.25, -0.2) is 4.39 Å². The molecule has 158 valence electrons. The third-order valence-corrected chi connectivity index (χ3v) is 5.82. The monoisotopic (exact) mass is 417 g/mol. The van der Waals surface area contributed by atoms with Gasteiger partial charge in [-0.1, -0.05) is 36.4 Å². The zero-order valence-electron chi connectivity index (χ0n) is 17.2. The molecular formula is C25H24FN3O2. The summed E-state index contributed by atoms with van der Waals surface area (Å²) in [5.41, 5.74) is 3.09. The highest BCUT2D eigenvalue weighted by atomic mass is 19.1. The molecule has 31 heavy (non-hydrogen) atoms. The number of hydrogen-bond acceptors (Lipinski definition) is 4. The molecule has 1 amide bonds. The molecule has 0 radical (unpaired) electrons. The third kappa shape index (κ3) is 3.86. The standard InChI is InChI=1S/C25H24FN3O2/c26-19-9-10-21-23(17-19)31-24-20(7-4-8-22(24)28-15-12-27-13-16-28)25(30)29(21)14-11-18-5-2-1-3-6-18/h1-10,17,27H,11-16H2. The molecule has 2 aliphatic heterocycles. The molecule has 0 aliphatic carbocycles. The van der Waals surface area contributed by atoms with Crippen molar-refractivity contribution in [1.29, 1.82) is 0 Å². The zero-order chi connectivity index (χ0) is 21.2. The second-order valence-corrected chi connectivity index (χ2v) is 7.80. The lowest BCUT2D eigenvalue weighted by Gasteiger charge is -2.31. The molecule has 3 aromatic rings. The molecule has 0 unspecified atom stereocenters. The number of rotatable bonds is 4. The number of halogens is 1. The zero-order valence-corrected chi connectivity index (χ0v) is 17.2. The molecule has 2 aliphatic rings. The number of benzene rings is 3. The van der Waals surface area contributed by atoms with Gasteiger partial charge in [0.1, 0.15) is 5.82 Å². The van der Waals surface area contributed by atoms with E-state index in [0.29, 0.717) is 35.7 Å². The average molecular weight is 417 g/mol. The Morgan fingerprint density at radius 1 is 0.935 bits per heavy atom. The average Bonchev–Trinajstić information content (AvgIpc) is 2.92. The number of amides is 1. The SMILES string of the molecule is O=C1c2cccc(N3CCNCC3)c2Oc2cc(F)ccc2N1CCc1ccccc1. The summed E-state index contributed by atoms with van der Waals surface area (Å²) in [5.74, 6) is 0.344. The number of para-hydroxylation sites is 1. The summed E-state index contributed by atoms with van der Waals surface area (Å²) in [6.07, 6.45) is 0.691. The highest BCUT2D eigenvalue weighted by molar-refractivity contribution is 6.10. The minimum absolute atomic E-state index is 0.131. The van der Waals surface area contributed by atoms with Crippen LogP contribution in [0, 0.1) is 5.82 Å². The number of nitrogens with one attached hydrogen (secondary N) is 1. The smallest absolute Gasteiger partial charge is 0.262 e. The maximum Gasteiger partial charge on any atom is 0.262 e. The summed E-state index contributed by atoms with van der Waals surface area (Å²) in [4.78, 5) is 17.6. The van der Waals surface area contributed by atoms with Crippen molar-refractivity contribution >= 4 is 17.3 Å². The molecule has 2 heterocycles. The number of carbonyl (C=O) groups excluding carboxylic acids is 1. The van der Waals surface area contributed by atoms with Crippen LogP contribution in [0.5, 0.6) is 11.5 Å². The fourth-order valence-electron chi connectivity index (χ4n) is 4.22. The summed E-state index contributed by atoms with van der Waals surface area (Å²) < 4.78 is 20.4. The molecule has 1 fully saturated rings. The molecule has 0 saturated carbocycles. The van der Waals surface area contributed by atoms with E-state index in [9.17, 15) is 9.18 Å². The van der Waals surface area contributed by atoms with Crippen molar-refractivity contribution in [3.8, 4) is 11.5 Å². The van der Waals surface area contributed by atoms with E-state index in [1.807, 2.05) is 42.5 Å². The van der Waals surface area contributed by atoms with E-state index in [0.717, 1.165) is 37.4 Å². The molecule has 0 atom stereocenters. The van der Waals surface area contributed by atoms with E-state index >= 15 is 0 Å². The Morgan fingerprint density at radius 2 is 1.74 bits per heavy atom. The van der Waals surface area contributed by atoms with Gasteiger partial charge < -0.3 is 19.9 Å². The summed E-state index contributed by atoms with van der Waals surface area (Å²) in [6, 6.07) is 20.1. The van der Waals surface area contributed by atoms with Crippen molar-refractivity contribution < 1.29 is 13.9 Å². The summed E-state index contributed by atoms with van der Waals surface area (Å²) >= 11 is 0. The fraction of sp³-hybridized carbons (Fsp3) is 0.240. The first kappa shape index (κ1) is 19.6. The highest BCUT2D eigenvalue weighted by Gasteiger charge is 2.31. The van der Waals surface area contributed by atoms with Crippen molar-refractivity contribution in [2.24, 2.45) is 0 Å². The van der Waals surface area contributed by atoms with Gasteiger partial charge in [-0.05, 0) is 36.2 Å². The van der Waals surface area contributed by atoms with Crippen LogP contribution in [0.4, 0.5) is 15.8 Å². The van der Waals surface area contributed by atoms with Crippen LogP contribution < -0.4 is 19.9 Å². The van der Waals surface area contributed by atoms with E-state index in [2.05, 4.69) is 10.2 Å². The molecule has 1 saturated heterocycles. The number of carbonyl (C=O) groups is 1. The van der Waals surface area contributed by atoms with Crippen molar-refractivity contribution in [2.45, 2.75) is 6.42 Å². The molecule has 3 aromatic carbocycles. The largest absolute Gasteiger partial charge is 0.452 e. The lowest BCUT2D eigenvalue weighted by molar-refractivity contribution is 0.0987. The van der Waals surface area contributed by atoms with Gasteiger partial charge in [0.25, 0.3) is 5.91 Å². The van der Waals surface area contributed by atoms with Gasteiger partial charge >= 0.3 is 0 Å². The first-order chi connectivity index (χ1) is 15.2. The Morgan fingerprint density at radius 3 is 2.55 bits per heavy atom. The lowest BCUT2D eigenvalue weighted by atomic mass is 10.1. The number of hydrogen-bond donors (Lipinski definition) is 1. The van der Waals surface area contributed by atoms with Gasteiger partial charge in [0.05, 0.1) is 16.9 Å². The van der Waals surface area contributed by atoms with E-state index in [-0.39, 0.29) is 5.91 Å². The summed E-state index contributed by atoms with van der Waals surface area (Å²) in [6.45, 7) is 3.85. The van der Waals surface area contributed by atoms with E-state index < -0.39 is 5.82 Å². The Labute approximate surface area is 181 Å².